The van der Waals surface area contributed by atoms with Crippen molar-refractivity contribution in [2.75, 3.05) is 6.54 Å². The molecule has 1 heterocycles. The molecule has 3 rings (SSSR count). The van der Waals surface area contributed by atoms with E-state index in [0.29, 0.717) is 6.54 Å². The van der Waals surface area contributed by atoms with Crippen molar-refractivity contribution < 1.29 is 4.79 Å². The highest BCUT2D eigenvalue weighted by Gasteiger charge is 2.23. The third-order valence-electron chi connectivity index (χ3n) is 4.07. The Morgan fingerprint density at radius 3 is 3.05 bits per heavy atom. The SMILES string of the molecule is Cc1csc([C@@H](C)CNC(=O)N[C@H]2CCc3ccccc32)n1. The molecular weight excluding hydrogens is 294 g/mol. The molecule has 1 aromatic heterocycles. The second-order valence-electron chi connectivity index (χ2n) is 5.87. The molecule has 0 radical (unpaired) electrons. The second-order valence-corrected chi connectivity index (χ2v) is 6.76. The molecule has 4 nitrogen and oxygen atoms in total. The van der Waals surface area contributed by atoms with Gasteiger partial charge in [-0.15, -0.1) is 11.3 Å². The molecular formula is C17H21N3OS. The van der Waals surface area contributed by atoms with E-state index in [9.17, 15) is 4.79 Å². The normalized spacial score (nSPS) is 17.8. The summed E-state index contributed by atoms with van der Waals surface area (Å²) >= 11 is 1.65. The Labute approximate surface area is 135 Å². The molecule has 1 aromatic carbocycles. The van der Waals surface area contributed by atoms with Gasteiger partial charge in [-0.3, -0.25) is 0 Å². The number of nitrogens with one attached hydrogen (secondary N) is 2. The molecule has 2 aromatic rings. The zero-order chi connectivity index (χ0) is 15.5. The first-order valence-corrected chi connectivity index (χ1v) is 8.55. The number of rotatable bonds is 4. The van der Waals surface area contributed by atoms with Crippen LogP contribution in [0, 0.1) is 6.92 Å². The lowest BCUT2D eigenvalue weighted by atomic mass is 10.1. The Morgan fingerprint density at radius 2 is 2.27 bits per heavy atom. The highest BCUT2D eigenvalue weighted by molar-refractivity contribution is 7.09. The number of nitrogens with zero attached hydrogens (tertiary/aromatic N) is 1. The number of aryl methyl sites for hydroxylation is 2. The molecule has 0 spiro atoms. The smallest absolute Gasteiger partial charge is 0.315 e. The van der Waals surface area contributed by atoms with Gasteiger partial charge in [-0.2, -0.15) is 0 Å². The summed E-state index contributed by atoms with van der Waals surface area (Å²) in [5.41, 5.74) is 3.64. The van der Waals surface area contributed by atoms with E-state index in [0.717, 1.165) is 23.5 Å². The number of fused-ring (bicyclic) bond motifs is 1. The number of hydrogen-bond donors (Lipinski definition) is 2. The second kappa shape index (κ2) is 6.48. The van der Waals surface area contributed by atoms with Gasteiger partial charge in [0.05, 0.1) is 11.0 Å². The number of urea groups is 1. The van der Waals surface area contributed by atoms with Crippen molar-refractivity contribution in [1.29, 1.82) is 0 Å². The first-order chi connectivity index (χ1) is 10.6. The van der Waals surface area contributed by atoms with Gasteiger partial charge in [0, 0.05) is 23.5 Å². The van der Waals surface area contributed by atoms with E-state index in [-0.39, 0.29) is 18.0 Å². The average molecular weight is 315 g/mol. The van der Waals surface area contributed by atoms with Gasteiger partial charge in [0.1, 0.15) is 0 Å². The Hall–Kier alpha value is -1.88. The van der Waals surface area contributed by atoms with Crippen LogP contribution in [-0.2, 0) is 6.42 Å². The van der Waals surface area contributed by atoms with E-state index in [2.05, 4.69) is 40.7 Å². The molecule has 1 aliphatic rings. The van der Waals surface area contributed by atoms with E-state index in [1.165, 1.54) is 11.1 Å². The number of aromatic nitrogens is 1. The van der Waals surface area contributed by atoms with Gasteiger partial charge in [-0.1, -0.05) is 31.2 Å². The minimum atomic E-state index is -0.0955. The zero-order valence-electron chi connectivity index (χ0n) is 12.9. The van der Waals surface area contributed by atoms with Crippen LogP contribution in [0.1, 0.15) is 47.1 Å². The number of benzene rings is 1. The molecule has 5 heteroatoms. The predicted octanol–water partition coefficient (Wildman–Crippen LogP) is 3.54. The minimum absolute atomic E-state index is 0.0955. The molecule has 2 N–H and O–H groups in total. The Kier molecular flexibility index (Phi) is 4.43. The summed E-state index contributed by atoms with van der Waals surface area (Å²) in [5.74, 6) is 0.236. The van der Waals surface area contributed by atoms with Crippen LogP contribution >= 0.6 is 11.3 Å². The summed E-state index contributed by atoms with van der Waals surface area (Å²) in [6.45, 7) is 4.68. The van der Waals surface area contributed by atoms with E-state index < -0.39 is 0 Å². The highest BCUT2D eigenvalue weighted by Crippen LogP contribution is 2.30. The predicted molar refractivity (Wildman–Crippen MR) is 89.3 cm³/mol. The minimum Gasteiger partial charge on any atom is -0.337 e. The molecule has 1 aliphatic carbocycles. The van der Waals surface area contributed by atoms with Gasteiger partial charge in [0.25, 0.3) is 0 Å². The summed E-state index contributed by atoms with van der Waals surface area (Å²) in [6.07, 6.45) is 2.02. The summed E-state index contributed by atoms with van der Waals surface area (Å²) in [6, 6.07) is 8.37. The molecule has 2 atom stereocenters. The highest BCUT2D eigenvalue weighted by atomic mass is 32.1. The lowest BCUT2D eigenvalue weighted by Gasteiger charge is -2.16. The quantitative estimate of drug-likeness (QED) is 0.906. The third-order valence-corrected chi connectivity index (χ3v) is 5.26. The lowest BCUT2D eigenvalue weighted by molar-refractivity contribution is 0.236. The van der Waals surface area contributed by atoms with Gasteiger partial charge >= 0.3 is 6.03 Å². The molecule has 0 bridgehead atoms. The van der Waals surface area contributed by atoms with Gasteiger partial charge in [-0.25, -0.2) is 9.78 Å². The maximum atomic E-state index is 12.1. The number of amides is 2. The number of carbonyl (C=O) groups excluding carboxylic acids is 1. The summed E-state index contributed by atoms with van der Waals surface area (Å²) in [5, 5.41) is 9.16. The molecule has 22 heavy (non-hydrogen) atoms. The van der Waals surface area contributed by atoms with E-state index >= 15 is 0 Å². The van der Waals surface area contributed by atoms with Crippen LogP contribution in [0.5, 0.6) is 0 Å². The van der Waals surface area contributed by atoms with E-state index in [1.54, 1.807) is 11.3 Å². The van der Waals surface area contributed by atoms with Crippen molar-refractivity contribution in [2.45, 2.75) is 38.6 Å². The first kappa shape index (κ1) is 15.0. The Morgan fingerprint density at radius 1 is 1.45 bits per heavy atom. The zero-order valence-corrected chi connectivity index (χ0v) is 13.7. The molecule has 0 aliphatic heterocycles. The van der Waals surface area contributed by atoms with Crippen molar-refractivity contribution in [3.05, 3.63) is 51.5 Å². The summed E-state index contributed by atoms with van der Waals surface area (Å²) in [4.78, 5) is 16.6. The van der Waals surface area contributed by atoms with Crippen LogP contribution in [0.3, 0.4) is 0 Å². The fourth-order valence-corrected chi connectivity index (χ4v) is 3.70. The third kappa shape index (κ3) is 3.30. The van der Waals surface area contributed by atoms with Gasteiger partial charge in [0.15, 0.2) is 0 Å². The molecule has 116 valence electrons. The number of carbonyl (C=O) groups is 1. The van der Waals surface area contributed by atoms with Crippen molar-refractivity contribution in [3.8, 4) is 0 Å². The largest absolute Gasteiger partial charge is 0.337 e. The fourth-order valence-electron chi connectivity index (χ4n) is 2.85. The number of hydrogen-bond acceptors (Lipinski definition) is 3. The standard InChI is InChI=1S/C17H21N3OS/c1-11(16-19-12(2)10-22-16)9-18-17(21)20-15-8-7-13-5-3-4-6-14(13)15/h3-6,10-11,15H,7-9H2,1-2H3,(H2,18,20,21)/t11-,15-/m0/s1. The van der Waals surface area contributed by atoms with Crippen molar-refractivity contribution in [1.82, 2.24) is 15.6 Å². The van der Waals surface area contributed by atoms with Crippen molar-refractivity contribution >= 4 is 17.4 Å². The maximum Gasteiger partial charge on any atom is 0.315 e. The lowest BCUT2D eigenvalue weighted by Crippen LogP contribution is -2.39. The van der Waals surface area contributed by atoms with E-state index in [4.69, 9.17) is 0 Å². The van der Waals surface area contributed by atoms with Crippen LogP contribution in [0.15, 0.2) is 29.6 Å². The van der Waals surface area contributed by atoms with Crippen molar-refractivity contribution in [2.24, 2.45) is 0 Å². The van der Waals surface area contributed by atoms with Crippen LogP contribution < -0.4 is 10.6 Å². The molecule has 2 amide bonds. The van der Waals surface area contributed by atoms with Crippen LogP contribution in [0.2, 0.25) is 0 Å². The Bertz CT molecular complexity index is 667. The first-order valence-electron chi connectivity index (χ1n) is 7.67. The van der Waals surface area contributed by atoms with Gasteiger partial charge in [0.2, 0.25) is 0 Å². The summed E-state index contributed by atoms with van der Waals surface area (Å²) in [7, 11) is 0. The monoisotopic (exact) mass is 315 g/mol. The summed E-state index contributed by atoms with van der Waals surface area (Å²) < 4.78 is 0. The molecule has 0 saturated carbocycles. The van der Waals surface area contributed by atoms with Crippen LogP contribution in [0.25, 0.3) is 0 Å². The van der Waals surface area contributed by atoms with Gasteiger partial charge < -0.3 is 10.6 Å². The maximum absolute atomic E-state index is 12.1. The molecule has 0 saturated heterocycles. The average Bonchev–Trinajstić information content (AvgIpc) is 3.12. The Balaban J connectivity index is 1.51. The number of thiazole rings is 1. The topological polar surface area (TPSA) is 54.0 Å². The fraction of sp³-hybridized carbons (Fsp3) is 0.412. The van der Waals surface area contributed by atoms with Crippen molar-refractivity contribution in [3.63, 3.8) is 0 Å². The molecule has 0 fully saturated rings. The molecule has 0 unspecified atom stereocenters. The van der Waals surface area contributed by atoms with Crippen LogP contribution in [-0.4, -0.2) is 17.6 Å². The van der Waals surface area contributed by atoms with Crippen LogP contribution in [0.4, 0.5) is 4.79 Å². The van der Waals surface area contributed by atoms with E-state index in [1.807, 2.05) is 18.4 Å². The van der Waals surface area contributed by atoms with Gasteiger partial charge in [-0.05, 0) is 30.9 Å².